The van der Waals surface area contributed by atoms with Crippen molar-refractivity contribution in [2.75, 3.05) is 22.1 Å². The van der Waals surface area contributed by atoms with Gasteiger partial charge < -0.3 is 19.0 Å². The lowest BCUT2D eigenvalue weighted by atomic mass is 10.3. The molecule has 0 radical (unpaired) electrons. The first kappa shape index (κ1) is 22.5. The normalized spacial score (nSPS) is 11.5. The zero-order chi connectivity index (χ0) is 21.5. The van der Waals surface area contributed by atoms with E-state index in [9.17, 15) is 21.6 Å². The summed E-state index contributed by atoms with van der Waals surface area (Å²) in [7, 11) is -7.37. The molecule has 0 heterocycles. The fraction of sp³-hybridized carbons (Fsp3) is 0.278. The summed E-state index contributed by atoms with van der Waals surface area (Å²) in [6.07, 6.45) is 0.422. The molecule has 2 amide bonds. The Morgan fingerprint density at radius 1 is 0.828 bits per heavy atom. The van der Waals surface area contributed by atoms with Crippen molar-refractivity contribution in [3.63, 3.8) is 0 Å². The van der Waals surface area contributed by atoms with E-state index in [2.05, 4.69) is 10.6 Å². The number of hydrogen-bond acceptors (Lipinski definition) is 7. The first-order valence-corrected chi connectivity index (χ1v) is 11.9. The monoisotopic (exact) mass is 442 g/mol. The predicted molar refractivity (Wildman–Crippen MR) is 110 cm³/mol. The maximum absolute atomic E-state index is 12.2. The van der Waals surface area contributed by atoms with Crippen LogP contribution in [0.5, 0.6) is 11.5 Å². The van der Waals surface area contributed by atoms with Gasteiger partial charge >= 0.3 is 26.3 Å². The van der Waals surface area contributed by atoms with Crippen molar-refractivity contribution >= 4 is 37.6 Å². The third-order valence-corrected chi connectivity index (χ3v) is 5.95. The van der Waals surface area contributed by atoms with E-state index in [0.717, 1.165) is 0 Å². The van der Waals surface area contributed by atoms with E-state index in [0.29, 0.717) is 17.8 Å². The van der Waals surface area contributed by atoms with Crippen LogP contribution in [0.3, 0.4) is 0 Å². The van der Waals surface area contributed by atoms with E-state index in [-0.39, 0.29) is 23.0 Å². The molecular weight excluding hydrogens is 420 g/mol. The molecule has 2 N–H and O–H groups in total. The lowest BCUT2D eigenvalue weighted by Gasteiger charge is -2.11. The van der Waals surface area contributed by atoms with Gasteiger partial charge in [0.25, 0.3) is 0 Å². The molecule has 0 saturated carbocycles. The number of amides is 2. The third-order valence-electron chi connectivity index (χ3n) is 3.44. The Balaban J connectivity index is 2.04. The predicted octanol–water partition coefficient (Wildman–Crippen LogP) is 3.18. The van der Waals surface area contributed by atoms with Crippen LogP contribution in [-0.2, 0) is 20.2 Å². The van der Waals surface area contributed by atoms with Gasteiger partial charge in [-0.1, -0.05) is 19.1 Å². The molecule has 0 aliphatic rings. The first-order valence-electron chi connectivity index (χ1n) is 8.75. The van der Waals surface area contributed by atoms with Gasteiger partial charge in [0.05, 0.1) is 11.5 Å². The zero-order valence-corrected chi connectivity index (χ0v) is 17.5. The number of urea groups is 1. The van der Waals surface area contributed by atoms with E-state index >= 15 is 0 Å². The average Bonchev–Trinajstić information content (AvgIpc) is 2.61. The summed E-state index contributed by atoms with van der Waals surface area (Å²) in [5.41, 5.74) is 0.622. The Bertz CT molecular complexity index is 1070. The van der Waals surface area contributed by atoms with Crippen molar-refractivity contribution in [3.05, 3.63) is 48.5 Å². The fourth-order valence-electron chi connectivity index (χ4n) is 2.19. The number of anilines is 2. The number of benzene rings is 2. The SMILES string of the molecule is CCCS(=O)(=O)Oc1cccc(NC(=O)Nc2cccc(OS(=O)(=O)CC)c2)c1. The molecule has 0 atom stereocenters. The molecule has 0 fully saturated rings. The molecule has 2 aromatic rings. The quantitative estimate of drug-likeness (QED) is 0.571. The zero-order valence-electron chi connectivity index (χ0n) is 15.9. The highest BCUT2D eigenvalue weighted by atomic mass is 32.2. The topological polar surface area (TPSA) is 128 Å². The molecule has 158 valence electrons. The van der Waals surface area contributed by atoms with E-state index in [1.165, 1.54) is 43.3 Å². The van der Waals surface area contributed by atoms with Crippen molar-refractivity contribution in [1.29, 1.82) is 0 Å². The van der Waals surface area contributed by atoms with E-state index in [4.69, 9.17) is 8.37 Å². The fourth-order valence-corrected chi connectivity index (χ4v) is 3.68. The van der Waals surface area contributed by atoms with Crippen LogP contribution >= 0.6 is 0 Å². The maximum atomic E-state index is 12.2. The van der Waals surface area contributed by atoms with E-state index in [1.54, 1.807) is 19.1 Å². The van der Waals surface area contributed by atoms with Crippen molar-refractivity contribution < 1.29 is 30.0 Å². The molecule has 0 aliphatic carbocycles. The summed E-state index contributed by atoms with van der Waals surface area (Å²) >= 11 is 0. The smallest absolute Gasteiger partial charge is 0.323 e. The molecule has 0 bridgehead atoms. The Morgan fingerprint density at radius 2 is 1.31 bits per heavy atom. The minimum absolute atomic E-state index is 0.0705. The largest absolute Gasteiger partial charge is 0.382 e. The Morgan fingerprint density at radius 3 is 1.76 bits per heavy atom. The molecule has 9 nitrogen and oxygen atoms in total. The standard InChI is InChI=1S/C18H22N2O7S2/c1-3-11-29(24,25)27-17-10-6-8-15(13-17)20-18(21)19-14-7-5-9-16(12-14)26-28(22,23)4-2/h5-10,12-13H,3-4,11H2,1-2H3,(H2,19,20,21). The van der Waals surface area contributed by atoms with Crippen LogP contribution in [0.25, 0.3) is 0 Å². The lowest BCUT2D eigenvalue weighted by Crippen LogP contribution is -2.19. The molecule has 0 spiro atoms. The van der Waals surface area contributed by atoms with Gasteiger partial charge in [-0.3, -0.25) is 0 Å². The summed E-state index contributed by atoms with van der Waals surface area (Å²) in [4.78, 5) is 12.2. The minimum Gasteiger partial charge on any atom is -0.382 e. The van der Waals surface area contributed by atoms with Crippen molar-refractivity contribution in [1.82, 2.24) is 0 Å². The van der Waals surface area contributed by atoms with Crippen LogP contribution in [0.4, 0.5) is 16.2 Å². The number of rotatable bonds is 9. The minimum atomic E-state index is -3.69. The number of carbonyl (C=O) groups excluding carboxylic acids is 1. The molecule has 0 unspecified atom stereocenters. The molecule has 11 heteroatoms. The van der Waals surface area contributed by atoms with Crippen LogP contribution in [0.15, 0.2) is 48.5 Å². The number of hydrogen-bond donors (Lipinski definition) is 2. The van der Waals surface area contributed by atoms with Gasteiger partial charge in [-0.05, 0) is 37.6 Å². The van der Waals surface area contributed by atoms with Crippen molar-refractivity contribution in [2.24, 2.45) is 0 Å². The summed E-state index contributed by atoms with van der Waals surface area (Å²) < 4.78 is 56.5. The van der Waals surface area contributed by atoms with Crippen LogP contribution in [0.2, 0.25) is 0 Å². The maximum Gasteiger partial charge on any atom is 0.323 e. The Hall–Kier alpha value is -2.79. The Kier molecular flexibility index (Phi) is 7.46. The van der Waals surface area contributed by atoms with Gasteiger partial charge in [0.1, 0.15) is 11.5 Å². The summed E-state index contributed by atoms with van der Waals surface area (Å²) in [6, 6.07) is 11.2. The molecular formula is C18H22N2O7S2. The second-order valence-corrected chi connectivity index (χ2v) is 9.46. The highest BCUT2D eigenvalue weighted by Gasteiger charge is 2.13. The Labute approximate surface area is 170 Å². The van der Waals surface area contributed by atoms with E-state index in [1.807, 2.05) is 0 Å². The molecule has 2 rings (SSSR count). The first-order chi connectivity index (χ1) is 13.6. The van der Waals surface area contributed by atoms with E-state index < -0.39 is 26.3 Å². The molecule has 2 aromatic carbocycles. The van der Waals surface area contributed by atoms with Gasteiger partial charge in [-0.2, -0.15) is 16.8 Å². The van der Waals surface area contributed by atoms with Gasteiger partial charge in [0, 0.05) is 23.5 Å². The summed E-state index contributed by atoms with van der Waals surface area (Å²) in [5.74, 6) is -0.146. The number of carbonyl (C=O) groups is 1. The van der Waals surface area contributed by atoms with Crippen LogP contribution in [0.1, 0.15) is 20.3 Å². The second kappa shape index (κ2) is 9.61. The van der Waals surface area contributed by atoms with Gasteiger partial charge in [0.15, 0.2) is 0 Å². The molecule has 0 saturated heterocycles. The van der Waals surface area contributed by atoms with Crippen molar-refractivity contribution in [2.45, 2.75) is 20.3 Å². The summed E-state index contributed by atoms with van der Waals surface area (Å²) in [6.45, 7) is 3.18. The lowest BCUT2D eigenvalue weighted by molar-refractivity contribution is 0.262. The third kappa shape index (κ3) is 7.62. The van der Waals surface area contributed by atoms with Gasteiger partial charge in [-0.15, -0.1) is 0 Å². The highest BCUT2D eigenvalue weighted by Crippen LogP contribution is 2.21. The van der Waals surface area contributed by atoms with Crippen LogP contribution in [0, 0.1) is 0 Å². The van der Waals surface area contributed by atoms with Gasteiger partial charge in [0.2, 0.25) is 0 Å². The molecule has 0 aromatic heterocycles. The molecule has 29 heavy (non-hydrogen) atoms. The van der Waals surface area contributed by atoms with Crippen LogP contribution in [-0.4, -0.2) is 34.4 Å². The molecule has 0 aliphatic heterocycles. The highest BCUT2D eigenvalue weighted by molar-refractivity contribution is 7.87. The average molecular weight is 443 g/mol. The number of nitrogens with one attached hydrogen (secondary N) is 2. The van der Waals surface area contributed by atoms with Crippen LogP contribution < -0.4 is 19.0 Å². The van der Waals surface area contributed by atoms with Crippen molar-refractivity contribution in [3.8, 4) is 11.5 Å². The summed E-state index contributed by atoms with van der Waals surface area (Å²) in [5, 5.41) is 5.08. The second-order valence-electron chi connectivity index (χ2n) is 5.91. The van der Waals surface area contributed by atoms with Gasteiger partial charge in [-0.25, -0.2) is 4.79 Å².